The molecule has 0 fully saturated rings. The van der Waals surface area contributed by atoms with E-state index in [1.807, 2.05) is 29.7 Å². The smallest absolute Gasteiger partial charge is 0.327 e. The van der Waals surface area contributed by atoms with Crippen LogP contribution in [0.25, 0.3) is 11.0 Å². The summed E-state index contributed by atoms with van der Waals surface area (Å²) >= 11 is 9.51. The largest absolute Gasteiger partial charge is 0.389 e. The fourth-order valence-corrected chi connectivity index (χ4v) is 2.77. The van der Waals surface area contributed by atoms with E-state index in [2.05, 4.69) is 20.9 Å². The summed E-state index contributed by atoms with van der Waals surface area (Å²) in [6.07, 6.45) is -4.30. The van der Waals surface area contributed by atoms with Crippen LogP contribution < -0.4 is 0 Å². The van der Waals surface area contributed by atoms with E-state index in [1.54, 1.807) is 0 Å². The van der Waals surface area contributed by atoms with Crippen molar-refractivity contribution < 1.29 is 13.2 Å². The van der Waals surface area contributed by atoms with Crippen molar-refractivity contribution in [3.63, 3.8) is 0 Å². The fraction of sp³-hybridized carbons (Fsp3) is 0.500. The van der Waals surface area contributed by atoms with E-state index >= 15 is 0 Å². The van der Waals surface area contributed by atoms with Crippen molar-refractivity contribution in [3.8, 4) is 0 Å². The zero-order chi connectivity index (χ0) is 15.6. The van der Waals surface area contributed by atoms with Gasteiger partial charge in [0.25, 0.3) is 0 Å². The van der Waals surface area contributed by atoms with Crippen LogP contribution in [0.4, 0.5) is 13.2 Å². The molecule has 2 aromatic rings. The number of rotatable bonds is 5. The minimum Gasteiger partial charge on any atom is -0.327 e. The van der Waals surface area contributed by atoms with Gasteiger partial charge in [-0.05, 0) is 38.0 Å². The number of alkyl halides is 4. The van der Waals surface area contributed by atoms with Gasteiger partial charge in [-0.2, -0.15) is 13.2 Å². The van der Waals surface area contributed by atoms with Crippen LogP contribution in [-0.4, -0.2) is 15.7 Å². The third-order valence-corrected chi connectivity index (χ3v) is 3.88. The molecule has 0 saturated heterocycles. The molecule has 1 atom stereocenters. The second-order valence-electron chi connectivity index (χ2n) is 4.94. The highest BCUT2D eigenvalue weighted by molar-refractivity contribution is 9.10. The second-order valence-corrected chi connectivity index (χ2v) is 6.51. The van der Waals surface area contributed by atoms with Crippen LogP contribution in [0.3, 0.4) is 0 Å². The lowest BCUT2D eigenvalue weighted by molar-refractivity contribution is -0.135. The Balaban J connectivity index is 2.19. The van der Waals surface area contributed by atoms with Gasteiger partial charge in [0.15, 0.2) is 0 Å². The topological polar surface area (TPSA) is 17.8 Å². The van der Waals surface area contributed by atoms with Gasteiger partial charge in [0.1, 0.15) is 5.82 Å². The molecule has 0 aliphatic rings. The van der Waals surface area contributed by atoms with E-state index in [-0.39, 0.29) is 11.8 Å². The van der Waals surface area contributed by atoms with Crippen molar-refractivity contribution >= 4 is 38.6 Å². The average Bonchev–Trinajstić information content (AvgIpc) is 2.71. The van der Waals surface area contributed by atoms with Gasteiger partial charge in [0, 0.05) is 17.4 Å². The highest BCUT2D eigenvalue weighted by Gasteiger charge is 2.26. The lowest BCUT2D eigenvalue weighted by Crippen LogP contribution is -2.09. The third-order valence-electron chi connectivity index (χ3n) is 3.19. The third kappa shape index (κ3) is 4.36. The molecule has 116 valence electrons. The maximum atomic E-state index is 12.2. The highest BCUT2D eigenvalue weighted by atomic mass is 79.9. The number of hydrogen-bond donors (Lipinski definition) is 0. The van der Waals surface area contributed by atoms with Crippen LogP contribution in [0.15, 0.2) is 22.7 Å². The summed E-state index contributed by atoms with van der Waals surface area (Å²) in [7, 11) is 0. The Kier molecular flexibility index (Phi) is 5.20. The first-order valence-electron chi connectivity index (χ1n) is 6.64. The first-order chi connectivity index (χ1) is 9.78. The van der Waals surface area contributed by atoms with Gasteiger partial charge in [0.2, 0.25) is 0 Å². The predicted octanol–water partition coefficient (Wildman–Crippen LogP) is 5.83. The zero-order valence-electron chi connectivity index (χ0n) is 11.4. The summed E-state index contributed by atoms with van der Waals surface area (Å²) in [5.41, 5.74) is 1.69. The van der Waals surface area contributed by atoms with Gasteiger partial charge in [-0.1, -0.05) is 15.9 Å². The standard InChI is InChI=1S/C14H15BrClF3N2/c1-9(16)13-20-11-8-10(15)4-5-12(11)21(13)7-3-2-6-14(17,18)19/h4-5,8-9H,2-3,6-7H2,1H3. The SMILES string of the molecule is CC(Cl)c1nc2cc(Br)ccc2n1CCCCC(F)(F)F. The summed E-state index contributed by atoms with van der Waals surface area (Å²) in [5.74, 6) is 0.691. The van der Waals surface area contributed by atoms with Crippen molar-refractivity contribution in [3.05, 3.63) is 28.5 Å². The number of nitrogens with zero attached hydrogens (tertiary/aromatic N) is 2. The van der Waals surface area contributed by atoms with Crippen molar-refractivity contribution in [1.82, 2.24) is 9.55 Å². The maximum absolute atomic E-state index is 12.2. The lowest BCUT2D eigenvalue weighted by atomic mass is 10.2. The monoisotopic (exact) mass is 382 g/mol. The van der Waals surface area contributed by atoms with Gasteiger partial charge < -0.3 is 4.57 Å². The number of halogens is 5. The normalized spacial score (nSPS) is 13.8. The molecule has 0 aliphatic heterocycles. The Morgan fingerprint density at radius 1 is 1.33 bits per heavy atom. The molecule has 0 saturated carbocycles. The highest BCUT2D eigenvalue weighted by Crippen LogP contribution is 2.28. The van der Waals surface area contributed by atoms with E-state index in [1.165, 1.54) is 0 Å². The summed E-state index contributed by atoms with van der Waals surface area (Å²) in [4.78, 5) is 4.48. The molecule has 1 unspecified atom stereocenters. The first kappa shape index (κ1) is 16.6. The molecular formula is C14H15BrClF3N2. The molecule has 0 spiro atoms. The van der Waals surface area contributed by atoms with Crippen molar-refractivity contribution in [2.75, 3.05) is 0 Å². The Bertz CT molecular complexity index is 622. The summed E-state index contributed by atoms with van der Waals surface area (Å²) in [5, 5.41) is -0.293. The summed E-state index contributed by atoms with van der Waals surface area (Å²) < 4.78 is 39.4. The minimum absolute atomic E-state index is 0.107. The molecule has 0 amide bonds. The maximum Gasteiger partial charge on any atom is 0.389 e. The van der Waals surface area contributed by atoms with E-state index in [4.69, 9.17) is 11.6 Å². The van der Waals surface area contributed by atoms with Crippen molar-refractivity contribution in [1.29, 1.82) is 0 Å². The second kappa shape index (κ2) is 6.57. The van der Waals surface area contributed by atoms with E-state index in [9.17, 15) is 13.2 Å². The molecule has 2 rings (SSSR count). The van der Waals surface area contributed by atoms with Crippen LogP contribution in [0.5, 0.6) is 0 Å². The molecule has 0 aliphatic carbocycles. The van der Waals surface area contributed by atoms with Crippen LogP contribution in [0.2, 0.25) is 0 Å². The minimum atomic E-state index is -4.09. The Hall–Kier alpha value is -0.750. The van der Waals surface area contributed by atoms with E-state index in [0.29, 0.717) is 18.8 Å². The summed E-state index contributed by atoms with van der Waals surface area (Å²) in [6, 6.07) is 5.67. The molecule has 2 nitrogen and oxygen atoms in total. The molecule has 0 bridgehead atoms. The van der Waals surface area contributed by atoms with Crippen molar-refractivity contribution in [2.45, 2.75) is 44.3 Å². The fourth-order valence-electron chi connectivity index (χ4n) is 2.26. The van der Waals surface area contributed by atoms with Crippen LogP contribution in [0, 0.1) is 0 Å². The lowest BCUT2D eigenvalue weighted by Gasteiger charge is -2.11. The molecule has 0 N–H and O–H groups in total. The number of aromatic nitrogens is 2. The van der Waals surface area contributed by atoms with Gasteiger partial charge in [-0.3, -0.25) is 0 Å². The van der Waals surface area contributed by atoms with E-state index in [0.717, 1.165) is 15.5 Å². The van der Waals surface area contributed by atoms with Crippen molar-refractivity contribution in [2.24, 2.45) is 0 Å². The Labute approximate surface area is 134 Å². The molecule has 21 heavy (non-hydrogen) atoms. The average molecular weight is 384 g/mol. The van der Waals surface area contributed by atoms with E-state index < -0.39 is 12.6 Å². The van der Waals surface area contributed by atoms with Gasteiger partial charge in [-0.25, -0.2) is 4.98 Å². The predicted molar refractivity (Wildman–Crippen MR) is 81.6 cm³/mol. The molecule has 1 aromatic carbocycles. The zero-order valence-corrected chi connectivity index (χ0v) is 13.8. The quantitative estimate of drug-likeness (QED) is 0.469. The molecule has 0 radical (unpaired) electrons. The Morgan fingerprint density at radius 3 is 2.67 bits per heavy atom. The molecule has 1 heterocycles. The number of hydrogen-bond acceptors (Lipinski definition) is 1. The van der Waals surface area contributed by atoms with Gasteiger partial charge in [0.05, 0.1) is 16.4 Å². The van der Waals surface area contributed by atoms with Gasteiger partial charge >= 0.3 is 6.18 Å². The van der Waals surface area contributed by atoms with Crippen LogP contribution in [0.1, 0.15) is 37.4 Å². The Morgan fingerprint density at radius 2 is 2.05 bits per heavy atom. The summed E-state index contributed by atoms with van der Waals surface area (Å²) in [6.45, 7) is 2.30. The number of unbranched alkanes of at least 4 members (excludes halogenated alkanes) is 1. The molecular weight excluding hydrogens is 369 g/mol. The molecule has 1 aromatic heterocycles. The van der Waals surface area contributed by atoms with Crippen LogP contribution >= 0.6 is 27.5 Å². The van der Waals surface area contributed by atoms with Gasteiger partial charge in [-0.15, -0.1) is 11.6 Å². The molecule has 7 heteroatoms. The first-order valence-corrected chi connectivity index (χ1v) is 7.87. The van der Waals surface area contributed by atoms with Crippen LogP contribution in [-0.2, 0) is 6.54 Å². The number of imidazole rings is 1. The number of benzene rings is 1. The number of aryl methyl sites for hydroxylation is 1. The number of fused-ring (bicyclic) bond motifs is 1.